The zero-order chi connectivity index (χ0) is 23.5. The third-order valence-corrected chi connectivity index (χ3v) is 7.39. The standard InChI is InChI=1S/C27H29N5OS/c1-18-7-10-22-24(28)25(34-27(22)31-18)26(33)30-12-11-20-8-9-21(32-15-13-29-14-16-32)17-23(20)19-5-3-2-4-6-19/h2-10,17,29H,11-16,28H2,1H3,(H,30,33). The number of hydrogen-bond acceptors (Lipinski definition) is 6. The molecule has 0 bridgehead atoms. The van der Waals surface area contributed by atoms with Crippen LogP contribution in [0, 0.1) is 6.92 Å². The van der Waals surface area contributed by atoms with Crippen LogP contribution < -0.4 is 21.3 Å². The van der Waals surface area contributed by atoms with E-state index in [0.29, 0.717) is 17.1 Å². The number of fused-ring (bicyclic) bond motifs is 1. The number of nitrogen functional groups attached to an aromatic ring is 1. The first-order chi connectivity index (χ1) is 16.6. The van der Waals surface area contributed by atoms with Crippen molar-refractivity contribution in [1.82, 2.24) is 15.6 Å². The Labute approximate surface area is 203 Å². The van der Waals surface area contributed by atoms with Gasteiger partial charge in [-0.15, -0.1) is 11.3 Å². The molecule has 0 spiro atoms. The summed E-state index contributed by atoms with van der Waals surface area (Å²) >= 11 is 1.35. The lowest BCUT2D eigenvalue weighted by Crippen LogP contribution is -2.43. The molecule has 0 atom stereocenters. The summed E-state index contributed by atoms with van der Waals surface area (Å²) < 4.78 is 0. The van der Waals surface area contributed by atoms with Crippen molar-refractivity contribution < 1.29 is 4.79 Å². The van der Waals surface area contributed by atoms with Gasteiger partial charge in [-0.25, -0.2) is 4.98 Å². The number of thiophene rings is 1. The Balaban J connectivity index is 1.34. The molecule has 7 heteroatoms. The second kappa shape index (κ2) is 9.83. The molecule has 5 rings (SSSR count). The average Bonchev–Trinajstić information content (AvgIpc) is 3.20. The Bertz CT molecular complexity index is 1310. The highest BCUT2D eigenvalue weighted by molar-refractivity contribution is 7.21. The molecule has 4 aromatic rings. The van der Waals surface area contributed by atoms with Gasteiger partial charge in [0.05, 0.1) is 5.69 Å². The SMILES string of the molecule is Cc1ccc2c(N)c(C(=O)NCCc3ccc(N4CCNCC4)cc3-c3ccccc3)sc2n1. The normalized spacial score (nSPS) is 13.9. The zero-order valence-electron chi connectivity index (χ0n) is 19.3. The molecule has 0 unspecified atom stereocenters. The maximum atomic E-state index is 12.9. The fourth-order valence-electron chi connectivity index (χ4n) is 4.44. The van der Waals surface area contributed by atoms with Crippen molar-refractivity contribution in [3.05, 3.63) is 76.8 Å². The third-order valence-electron chi connectivity index (χ3n) is 6.28. The molecule has 1 aliphatic rings. The van der Waals surface area contributed by atoms with Crippen molar-refractivity contribution >= 4 is 38.8 Å². The number of rotatable bonds is 6. The number of nitrogens with one attached hydrogen (secondary N) is 2. The van der Waals surface area contributed by atoms with E-state index in [1.807, 2.05) is 25.1 Å². The first-order valence-corrected chi connectivity index (χ1v) is 12.5. The number of hydrogen-bond donors (Lipinski definition) is 3. The summed E-state index contributed by atoms with van der Waals surface area (Å²) in [6.45, 7) is 6.50. The van der Waals surface area contributed by atoms with Crippen LogP contribution in [0.25, 0.3) is 21.3 Å². The molecule has 0 radical (unpaired) electrons. The van der Waals surface area contributed by atoms with Crippen LogP contribution in [0.4, 0.5) is 11.4 Å². The molecular formula is C27H29N5OS. The van der Waals surface area contributed by atoms with Crippen molar-refractivity contribution in [2.24, 2.45) is 0 Å². The van der Waals surface area contributed by atoms with E-state index in [-0.39, 0.29) is 5.91 Å². The van der Waals surface area contributed by atoms with Gasteiger partial charge in [-0.3, -0.25) is 4.79 Å². The van der Waals surface area contributed by atoms with E-state index in [2.05, 4.69) is 63.0 Å². The lowest BCUT2D eigenvalue weighted by molar-refractivity contribution is 0.0959. The Morgan fingerprint density at radius 3 is 2.71 bits per heavy atom. The smallest absolute Gasteiger partial charge is 0.263 e. The van der Waals surface area contributed by atoms with Crippen molar-refractivity contribution in [1.29, 1.82) is 0 Å². The first kappa shape index (κ1) is 22.4. The van der Waals surface area contributed by atoms with Crippen LogP contribution in [0.5, 0.6) is 0 Å². The van der Waals surface area contributed by atoms with Crippen LogP contribution in [0.15, 0.2) is 60.7 Å². The number of piperazine rings is 1. The Morgan fingerprint density at radius 2 is 1.91 bits per heavy atom. The zero-order valence-corrected chi connectivity index (χ0v) is 20.1. The van der Waals surface area contributed by atoms with E-state index < -0.39 is 0 Å². The van der Waals surface area contributed by atoms with Crippen LogP contribution in [-0.4, -0.2) is 43.6 Å². The largest absolute Gasteiger partial charge is 0.397 e. The van der Waals surface area contributed by atoms with Gasteiger partial charge in [-0.2, -0.15) is 0 Å². The molecule has 34 heavy (non-hydrogen) atoms. The first-order valence-electron chi connectivity index (χ1n) is 11.7. The lowest BCUT2D eigenvalue weighted by atomic mass is 9.96. The number of carbonyl (C=O) groups excluding carboxylic acids is 1. The molecule has 174 valence electrons. The summed E-state index contributed by atoms with van der Waals surface area (Å²) in [4.78, 5) is 21.2. The molecule has 1 fully saturated rings. The van der Waals surface area contributed by atoms with Gasteiger partial charge in [0.25, 0.3) is 5.91 Å². The van der Waals surface area contributed by atoms with Gasteiger partial charge in [0.1, 0.15) is 9.71 Å². The topological polar surface area (TPSA) is 83.3 Å². The van der Waals surface area contributed by atoms with Gasteiger partial charge in [-0.05, 0) is 54.3 Å². The quantitative estimate of drug-likeness (QED) is 0.392. The van der Waals surface area contributed by atoms with Crippen molar-refractivity contribution in [2.75, 3.05) is 43.4 Å². The molecule has 4 N–H and O–H groups in total. The fraction of sp³-hybridized carbons (Fsp3) is 0.259. The predicted molar refractivity (Wildman–Crippen MR) is 142 cm³/mol. The van der Waals surface area contributed by atoms with E-state index in [0.717, 1.165) is 48.5 Å². The Hall–Kier alpha value is -3.42. The van der Waals surface area contributed by atoms with Crippen LogP contribution in [0.3, 0.4) is 0 Å². The molecule has 2 aromatic carbocycles. The number of aryl methyl sites for hydroxylation is 1. The Morgan fingerprint density at radius 1 is 1.12 bits per heavy atom. The number of amides is 1. The molecule has 1 amide bonds. The maximum Gasteiger partial charge on any atom is 0.263 e. The van der Waals surface area contributed by atoms with Crippen molar-refractivity contribution in [3.63, 3.8) is 0 Å². The molecule has 1 aliphatic heterocycles. The van der Waals surface area contributed by atoms with Crippen LogP contribution >= 0.6 is 11.3 Å². The maximum absolute atomic E-state index is 12.9. The molecule has 3 heterocycles. The third kappa shape index (κ3) is 4.62. The van der Waals surface area contributed by atoms with E-state index in [1.165, 1.54) is 33.7 Å². The van der Waals surface area contributed by atoms with E-state index in [9.17, 15) is 4.79 Å². The van der Waals surface area contributed by atoms with Crippen LogP contribution in [0.2, 0.25) is 0 Å². The fourth-order valence-corrected chi connectivity index (χ4v) is 5.49. The molecular weight excluding hydrogens is 442 g/mol. The Kier molecular flexibility index (Phi) is 6.47. The molecule has 1 saturated heterocycles. The highest BCUT2D eigenvalue weighted by Crippen LogP contribution is 2.33. The van der Waals surface area contributed by atoms with Crippen molar-refractivity contribution in [3.8, 4) is 11.1 Å². The summed E-state index contributed by atoms with van der Waals surface area (Å²) in [6, 6.07) is 21.0. The lowest BCUT2D eigenvalue weighted by Gasteiger charge is -2.30. The van der Waals surface area contributed by atoms with Crippen LogP contribution in [0.1, 0.15) is 20.9 Å². The van der Waals surface area contributed by atoms with E-state index in [1.54, 1.807) is 0 Å². The molecule has 0 saturated carbocycles. The van der Waals surface area contributed by atoms with Gasteiger partial charge < -0.3 is 21.3 Å². The van der Waals surface area contributed by atoms with Crippen LogP contribution in [-0.2, 0) is 6.42 Å². The monoisotopic (exact) mass is 471 g/mol. The number of carbonyl (C=O) groups is 1. The number of pyridine rings is 1. The van der Waals surface area contributed by atoms with E-state index >= 15 is 0 Å². The number of benzene rings is 2. The minimum Gasteiger partial charge on any atom is -0.397 e. The van der Waals surface area contributed by atoms with E-state index in [4.69, 9.17) is 5.73 Å². The number of aromatic nitrogens is 1. The minimum atomic E-state index is -0.142. The average molecular weight is 472 g/mol. The number of nitrogens with zero attached hydrogens (tertiary/aromatic N) is 2. The highest BCUT2D eigenvalue weighted by Gasteiger charge is 2.18. The van der Waals surface area contributed by atoms with Gasteiger partial charge in [0.2, 0.25) is 0 Å². The number of nitrogens with two attached hydrogens (primary N) is 1. The van der Waals surface area contributed by atoms with Crippen molar-refractivity contribution in [2.45, 2.75) is 13.3 Å². The summed E-state index contributed by atoms with van der Waals surface area (Å²) in [5.41, 5.74) is 12.6. The molecule has 0 aliphatic carbocycles. The van der Waals surface area contributed by atoms with Gasteiger partial charge in [0.15, 0.2) is 0 Å². The van der Waals surface area contributed by atoms with Gasteiger partial charge in [-0.1, -0.05) is 36.4 Å². The molecule has 6 nitrogen and oxygen atoms in total. The summed E-state index contributed by atoms with van der Waals surface area (Å²) in [7, 11) is 0. The molecule has 2 aromatic heterocycles. The second-order valence-electron chi connectivity index (χ2n) is 8.60. The minimum absolute atomic E-state index is 0.142. The summed E-state index contributed by atoms with van der Waals surface area (Å²) in [5.74, 6) is -0.142. The summed E-state index contributed by atoms with van der Waals surface area (Å²) in [6.07, 6.45) is 0.736. The predicted octanol–water partition coefficient (Wildman–Crippen LogP) is 4.24. The summed E-state index contributed by atoms with van der Waals surface area (Å²) in [5, 5.41) is 7.32. The van der Waals surface area contributed by atoms with Gasteiger partial charge >= 0.3 is 0 Å². The highest BCUT2D eigenvalue weighted by atomic mass is 32.1. The number of anilines is 2. The van der Waals surface area contributed by atoms with Gasteiger partial charge in [0, 0.05) is 49.5 Å². The second-order valence-corrected chi connectivity index (χ2v) is 9.60.